The Morgan fingerprint density at radius 2 is 1.93 bits per heavy atom. The van der Waals surface area contributed by atoms with Crippen LogP contribution in [-0.2, 0) is 35.6 Å². The van der Waals surface area contributed by atoms with E-state index in [0.717, 1.165) is 12.6 Å². The molecule has 2 aromatic rings. The number of rotatable bonds is 9. The summed E-state index contributed by atoms with van der Waals surface area (Å²) < 4.78 is 70.6. The number of ether oxygens (including phenoxy) is 1. The molecular weight excluding hydrogens is 621 g/mol. The van der Waals surface area contributed by atoms with E-state index in [1.807, 2.05) is 21.8 Å². The average molecular weight is 653 g/mol. The van der Waals surface area contributed by atoms with Gasteiger partial charge in [-0.3, -0.25) is 9.69 Å². The molecule has 0 bridgehead atoms. The van der Waals surface area contributed by atoms with Gasteiger partial charge >= 0.3 is 12.1 Å². The fourth-order valence-corrected chi connectivity index (χ4v) is 5.74. The Morgan fingerprint density at radius 1 is 1.26 bits per heavy atom. The van der Waals surface area contributed by atoms with Gasteiger partial charge in [0.15, 0.2) is 6.10 Å². The van der Waals surface area contributed by atoms with Crippen LogP contribution in [0.1, 0.15) is 18.4 Å². The third-order valence-corrected chi connectivity index (χ3v) is 8.84. The number of nitrogens with one attached hydrogen (secondary N) is 2. The summed E-state index contributed by atoms with van der Waals surface area (Å²) in [5, 5.41) is 7.38. The molecule has 1 aromatic carbocycles. The third-order valence-electron chi connectivity index (χ3n) is 7.25. The van der Waals surface area contributed by atoms with Crippen molar-refractivity contribution < 1.29 is 40.8 Å². The zero-order valence-corrected chi connectivity index (χ0v) is 24.7. The Morgan fingerprint density at radius 3 is 2.51 bits per heavy atom. The number of sulfonamides is 1. The van der Waals surface area contributed by atoms with E-state index in [-0.39, 0.29) is 36.2 Å². The number of H-pyrrole nitrogens is 1. The van der Waals surface area contributed by atoms with E-state index in [4.69, 9.17) is 22.1 Å². The number of aromatic amines is 1. The van der Waals surface area contributed by atoms with Crippen LogP contribution in [0, 0.1) is 0 Å². The quantitative estimate of drug-likeness (QED) is 0.325. The fraction of sp³-hybridized carbons (Fsp3) is 0.583. The molecule has 0 unspecified atom stereocenters. The highest BCUT2D eigenvalue weighted by atomic mass is 35.5. The second-order valence-electron chi connectivity index (χ2n) is 10.1. The van der Waals surface area contributed by atoms with Gasteiger partial charge in [0.2, 0.25) is 21.9 Å². The predicted molar refractivity (Wildman–Crippen MR) is 148 cm³/mol. The molecule has 3 heterocycles. The van der Waals surface area contributed by atoms with E-state index in [1.165, 1.54) is 0 Å². The number of piperidine rings is 1. The molecule has 2 aliphatic heterocycles. The number of anilines is 2. The summed E-state index contributed by atoms with van der Waals surface area (Å²) in [6, 6.07) is 6.98. The van der Waals surface area contributed by atoms with Crippen LogP contribution in [0.4, 0.5) is 25.1 Å². The summed E-state index contributed by atoms with van der Waals surface area (Å²) in [5.41, 5.74) is 6.61. The summed E-state index contributed by atoms with van der Waals surface area (Å²) in [5.74, 6) is -3.92. The van der Waals surface area contributed by atoms with Crippen molar-refractivity contribution >= 4 is 45.4 Å². The number of nitrogens with two attached hydrogens (primary N) is 1. The summed E-state index contributed by atoms with van der Waals surface area (Å²) >= 11 is 6.03. The van der Waals surface area contributed by atoms with Crippen LogP contribution in [0.25, 0.3) is 0 Å². The number of hydrogen-bond acceptors (Lipinski definition) is 11. The largest absolute Gasteiger partial charge is 0.493 e. The van der Waals surface area contributed by atoms with Gasteiger partial charge < -0.3 is 20.2 Å². The lowest BCUT2D eigenvalue weighted by Gasteiger charge is -2.46. The SMILES string of the molecule is CNS(=O)(=O)CCN(OC(=O)C(F)(F)F)C(=O)[C@H]1CN(C2CCN(c3n[nH]c(N)n3)CC2)[C@@H](Cc2ccc(Cl)cc2)CO1. The molecule has 0 aliphatic carbocycles. The van der Waals surface area contributed by atoms with Crippen molar-refractivity contribution in [3.63, 3.8) is 0 Å². The maximum absolute atomic E-state index is 13.4. The number of alkyl halides is 3. The standard InChI is InChI=1S/C24H32ClF3N8O6S/c1-30-43(39,40)11-10-36(42-21(38)24(26,27)28)20(37)19-13-35(18(14-41-19)12-15-2-4-16(25)5-3-15)17-6-8-34(9-7-17)23-31-22(29)32-33-23/h2-5,17-19,30H,6-14H2,1H3,(H3,29,31,32,33)/t18-,19+/m0/s1. The van der Waals surface area contributed by atoms with Crippen LogP contribution < -0.4 is 15.4 Å². The first-order chi connectivity index (χ1) is 20.3. The fourth-order valence-electron chi connectivity index (χ4n) is 5.00. The lowest BCUT2D eigenvalue weighted by atomic mass is 9.96. The van der Waals surface area contributed by atoms with Crippen LogP contribution >= 0.6 is 11.6 Å². The molecule has 2 aliphatic rings. The molecule has 0 radical (unpaired) electrons. The van der Waals surface area contributed by atoms with Gasteiger partial charge in [-0.05, 0) is 44.0 Å². The number of hydroxylamine groups is 2. The summed E-state index contributed by atoms with van der Waals surface area (Å²) in [6.45, 7) is 0.308. The molecule has 2 saturated heterocycles. The molecule has 0 spiro atoms. The van der Waals surface area contributed by atoms with Gasteiger partial charge in [0.25, 0.3) is 5.91 Å². The van der Waals surface area contributed by atoms with Crippen molar-refractivity contribution in [3.8, 4) is 0 Å². The number of carbonyl (C=O) groups is 2. The van der Waals surface area contributed by atoms with E-state index in [1.54, 1.807) is 12.1 Å². The number of carbonyl (C=O) groups excluding carboxylic acids is 2. The van der Waals surface area contributed by atoms with Crippen molar-refractivity contribution in [3.05, 3.63) is 34.9 Å². The first-order valence-electron chi connectivity index (χ1n) is 13.3. The van der Waals surface area contributed by atoms with Crippen LogP contribution in [0.5, 0.6) is 0 Å². The zero-order valence-electron chi connectivity index (χ0n) is 23.1. The van der Waals surface area contributed by atoms with Crippen molar-refractivity contribution in [2.24, 2.45) is 0 Å². The minimum atomic E-state index is -5.41. The summed E-state index contributed by atoms with van der Waals surface area (Å²) in [7, 11) is -2.85. The lowest BCUT2D eigenvalue weighted by Crippen LogP contribution is -2.60. The van der Waals surface area contributed by atoms with Gasteiger partial charge in [0.05, 0.1) is 18.9 Å². The van der Waals surface area contributed by atoms with Gasteiger partial charge in [-0.1, -0.05) is 23.7 Å². The Labute approximate surface area is 250 Å². The minimum absolute atomic E-state index is 0.0335. The maximum Gasteiger partial charge on any atom is 0.493 e. The molecule has 1 aromatic heterocycles. The predicted octanol–water partition coefficient (Wildman–Crippen LogP) is 0.720. The van der Waals surface area contributed by atoms with Crippen molar-refractivity contribution in [1.82, 2.24) is 29.9 Å². The molecule has 2 atom stereocenters. The number of nitrogen functional groups attached to an aromatic ring is 1. The Hall–Kier alpha value is -3.19. The molecule has 4 N–H and O–H groups in total. The Kier molecular flexibility index (Phi) is 10.4. The number of aromatic nitrogens is 3. The molecule has 2 fully saturated rings. The van der Waals surface area contributed by atoms with Gasteiger partial charge in [-0.25, -0.2) is 23.0 Å². The highest BCUT2D eigenvalue weighted by molar-refractivity contribution is 7.89. The Bertz CT molecular complexity index is 1370. The number of benzene rings is 1. The van der Waals surface area contributed by atoms with E-state index < -0.39 is 46.5 Å². The highest BCUT2D eigenvalue weighted by Gasteiger charge is 2.45. The van der Waals surface area contributed by atoms with E-state index in [2.05, 4.69) is 24.9 Å². The second-order valence-corrected chi connectivity index (χ2v) is 12.6. The molecule has 0 saturated carbocycles. The normalized spacial score (nSPS) is 20.6. The molecule has 43 heavy (non-hydrogen) atoms. The highest BCUT2D eigenvalue weighted by Crippen LogP contribution is 2.28. The van der Waals surface area contributed by atoms with E-state index in [9.17, 15) is 31.2 Å². The first kappa shape index (κ1) is 32.7. The van der Waals surface area contributed by atoms with Gasteiger partial charge in [0, 0.05) is 36.7 Å². The van der Waals surface area contributed by atoms with Gasteiger partial charge in [0.1, 0.15) is 0 Å². The lowest BCUT2D eigenvalue weighted by molar-refractivity contribution is -0.240. The van der Waals surface area contributed by atoms with Crippen LogP contribution in [0.15, 0.2) is 24.3 Å². The van der Waals surface area contributed by atoms with Crippen LogP contribution in [0.3, 0.4) is 0 Å². The number of hydrogen-bond donors (Lipinski definition) is 3. The molecule has 4 rings (SSSR count). The van der Waals surface area contributed by atoms with Crippen LogP contribution in [0.2, 0.25) is 5.02 Å². The second kappa shape index (κ2) is 13.6. The smallest absolute Gasteiger partial charge is 0.368 e. The minimum Gasteiger partial charge on any atom is -0.368 e. The Balaban J connectivity index is 1.52. The van der Waals surface area contributed by atoms with Crippen molar-refractivity contribution in [1.29, 1.82) is 0 Å². The number of nitrogens with zero attached hydrogens (tertiary/aromatic N) is 5. The first-order valence-corrected chi connectivity index (χ1v) is 15.3. The molecule has 238 valence electrons. The molecule has 1 amide bonds. The molecular formula is C24H32ClF3N8O6S. The zero-order chi connectivity index (χ0) is 31.4. The van der Waals surface area contributed by atoms with Crippen molar-refractivity contribution in [2.75, 3.05) is 56.2 Å². The van der Waals surface area contributed by atoms with Crippen molar-refractivity contribution in [2.45, 2.75) is 43.6 Å². The molecule has 19 heteroatoms. The molecule has 14 nitrogen and oxygen atoms in total. The topological polar surface area (TPSA) is 176 Å². The maximum atomic E-state index is 13.4. The van der Waals surface area contributed by atoms with E-state index in [0.29, 0.717) is 43.3 Å². The summed E-state index contributed by atoms with van der Waals surface area (Å²) in [6.07, 6.45) is -4.93. The average Bonchev–Trinajstić information content (AvgIpc) is 3.42. The summed E-state index contributed by atoms with van der Waals surface area (Å²) in [4.78, 5) is 37.5. The van der Waals surface area contributed by atoms with Gasteiger partial charge in [-0.2, -0.15) is 23.2 Å². The van der Waals surface area contributed by atoms with E-state index >= 15 is 0 Å². The number of halogens is 4. The van der Waals surface area contributed by atoms with Gasteiger partial charge in [-0.15, -0.1) is 5.10 Å². The number of morpholine rings is 1. The number of amides is 1. The monoisotopic (exact) mass is 652 g/mol. The van der Waals surface area contributed by atoms with Crippen LogP contribution in [-0.4, -0.2) is 115 Å². The third kappa shape index (κ3) is 8.69.